The van der Waals surface area contributed by atoms with Crippen LogP contribution in [0.2, 0.25) is 0 Å². The first-order chi connectivity index (χ1) is 14.6. The van der Waals surface area contributed by atoms with Crippen LogP contribution in [0.5, 0.6) is 23.0 Å². The van der Waals surface area contributed by atoms with Gasteiger partial charge in [0.15, 0.2) is 12.4 Å². The van der Waals surface area contributed by atoms with E-state index in [0.29, 0.717) is 4.73 Å². The number of pyridine rings is 1. The lowest BCUT2D eigenvalue weighted by Gasteiger charge is -2.14. The van der Waals surface area contributed by atoms with Gasteiger partial charge in [0.25, 0.3) is 5.91 Å². The van der Waals surface area contributed by atoms with E-state index in [4.69, 9.17) is 9.47 Å². The van der Waals surface area contributed by atoms with Gasteiger partial charge in [-0.05, 0) is 24.3 Å². The zero-order valence-corrected chi connectivity index (χ0v) is 15.8. The van der Waals surface area contributed by atoms with Crippen LogP contribution in [0.4, 0.5) is 23.2 Å². The summed E-state index contributed by atoms with van der Waals surface area (Å²) in [6, 6.07) is 9.16. The van der Waals surface area contributed by atoms with Gasteiger partial charge in [-0.25, -0.2) is 4.39 Å². The van der Waals surface area contributed by atoms with Crippen molar-refractivity contribution in [1.82, 2.24) is 0 Å². The van der Waals surface area contributed by atoms with Gasteiger partial charge in [-0.3, -0.25) is 4.79 Å². The van der Waals surface area contributed by atoms with Crippen molar-refractivity contribution in [2.24, 2.45) is 0 Å². The predicted molar refractivity (Wildman–Crippen MR) is 99.5 cm³/mol. The van der Waals surface area contributed by atoms with Crippen molar-refractivity contribution in [2.45, 2.75) is 6.36 Å². The molecule has 7 nitrogen and oxygen atoms in total. The summed E-state index contributed by atoms with van der Waals surface area (Å²) in [5.41, 5.74) is -0.248. The van der Waals surface area contributed by atoms with Gasteiger partial charge in [0.1, 0.15) is 34.4 Å². The van der Waals surface area contributed by atoms with E-state index in [-0.39, 0.29) is 22.9 Å². The summed E-state index contributed by atoms with van der Waals surface area (Å²) in [5.74, 6) is -2.49. The topological polar surface area (TPSA) is 83.7 Å². The van der Waals surface area contributed by atoms with Crippen LogP contribution in [0.3, 0.4) is 0 Å². The number of nitrogens with one attached hydrogen (secondary N) is 1. The van der Waals surface area contributed by atoms with Gasteiger partial charge in [0.2, 0.25) is 0 Å². The van der Waals surface area contributed by atoms with Gasteiger partial charge in [-0.15, -0.1) is 13.2 Å². The number of aromatic nitrogens is 1. The van der Waals surface area contributed by atoms with Gasteiger partial charge in [-0.1, -0.05) is 0 Å². The summed E-state index contributed by atoms with van der Waals surface area (Å²) < 4.78 is 66.3. The molecule has 0 aliphatic heterocycles. The average Bonchev–Trinajstić information content (AvgIpc) is 2.69. The number of hydrogen-bond acceptors (Lipinski definition) is 5. The minimum atomic E-state index is -4.85. The molecule has 11 heteroatoms. The Bertz CT molecular complexity index is 1070. The fourth-order valence-corrected chi connectivity index (χ4v) is 2.50. The van der Waals surface area contributed by atoms with Crippen LogP contribution in [0.15, 0.2) is 60.9 Å². The Morgan fingerprint density at radius 2 is 1.61 bits per heavy atom. The molecule has 0 radical (unpaired) electrons. The van der Waals surface area contributed by atoms with E-state index in [1.54, 1.807) is 0 Å². The highest BCUT2D eigenvalue weighted by atomic mass is 19.4. The van der Waals surface area contributed by atoms with Crippen molar-refractivity contribution >= 4 is 11.6 Å². The Labute approximate surface area is 173 Å². The van der Waals surface area contributed by atoms with Gasteiger partial charge in [0, 0.05) is 24.3 Å². The number of ether oxygens (including phenoxy) is 3. The zero-order chi connectivity index (χ0) is 22.6. The minimum Gasteiger partial charge on any atom is -0.619 e. The number of benzene rings is 2. The van der Waals surface area contributed by atoms with Gasteiger partial charge in [0.05, 0.1) is 12.8 Å². The Morgan fingerprint density at radius 1 is 1.00 bits per heavy atom. The molecule has 162 valence electrons. The maximum atomic E-state index is 14.6. The number of carbonyl (C=O) groups excluding carboxylic acids is 1. The summed E-state index contributed by atoms with van der Waals surface area (Å²) in [4.78, 5) is 12.6. The molecule has 0 spiro atoms. The van der Waals surface area contributed by atoms with Crippen LogP contribution in [-0.2, 0) is 0 Å². The molecule has 3 aromatic rings. The zero-order valence-electron chi connectivity index (χ0n) is 15.8. The van der Waals surface area contributed by atoms with Crippen molar-refractivity contribution in [3.05, 3.63) is 77.5 Å². The molecule has 1 N–H and O–H groups in total. The van der Waals surface area contributed by atoms with E-state index in [2.05, 4.69) is 10.1 Å². The fraction of sp³-hybridized carbons (Fsp3) is 0.100. The maximum absolute atomic E-state index is 14.6. The van der Waals surface area contributed by atoms with E-state index in [1.807, 2.05) is 0 Å². The molecule has 0 saturated heterocycles. The maximum Gasteiger partial charge on any atom is 0.573 e. The second kappa shape index (κ2) is 8.78. The van der Waals surface area contributed by atoms with Crippen LogP contribution < -0.4 is 24.3 Å². The Morgan fingerprint density at radius 3 is 2.19 bits per heavy atom. The largest absolute Gasteiger partial charge is 0.619 e. The fourth-order valence-electron chi connectivity index (χ4n) is 2.50. The molecule has 1 aromatic heterocycles. The molecule has 1 amide bonds. The van der Waals surface area contributed by atoms with E-state index >= 15 is 0 Å². The molecule has 1 heterocycles. The monoisotopic (exact) mass is 438 g/mol. The van der Waals surface area contributed by atoms with Crippen LogP contribution in [0.25, 0.3) is 0 Å². The molecule has 0 aliphatic carbocycles. The van der Waals surface area contributed by atoms with Crippen LogP contribution in [0.1, 0.15) is 10.4 Å². The SMILES string of the molecule is COc1cc(F)c(C(=O)Nc2cc[n+]([O-])cc2)c(Oc2ccc(OC(F)(F)F)cc2)c1. The van der Waals surface area contributed by atoms with E-state index in [0.717, 1.165) is 42.7 Å². The summed E-state index contributed by atoms with van der Waals surface area (Å²) >= 11 is 0. The molecule has 0 aliphatic rings. The summed E-state index contributed by atoms with van der Waals surface area (Å²) in [7, 11) is 1.28. The van der Waals surface area contributed by atoms with E-state index in [1.165, 1.54) is 25.3 Å². The lowest BCUT2D eigenvalue weighted by atomic mass is 10.1. The summed E-state index contributed by atoms with van der Waals surface area (Å²) in [5, 5.41) is 13.5. The molecule has 0 atom stereocenters. The first-order valence-corrected chi connectivity index (χ1v) is 8.56. The smallest absolute Gasteiger partial charge is 0.573 e. The van der Waals surface area contributed by atoms with Crippen molar-refractivity contribution in [3.63, 3.8) is 0 Å². The third-order valence-electron chi connectivity index (χ3n) is 3.84. The summed E-state index contributed by atoms with van der Waals surface area (Å²) in [6.07, 6.45) is -2.57. The van der Waals surface area contributed by atoms with Gasteiger partial charge < -0.3 is 24.7 Å². The van der Waals surface area contributed by atoms with Crippen molar-refractivity contribution in [1.29, 1.82) is 0 Å². The van der Waals surface area contributed by atoms with Gasteiger partial charge in [-0.2, -0.15) is 4.73 Å². The molecule has 31 heavy (non-hydrogen) atoms. The first-order valence-electron chi connectivity index (χ1n) is 8.56. The second-order valence-corrected chi connectivity index (χ2v) is 6.00. The molecule has 0 fully saturated rings. The number of anilines is 1. The third-order valence-corrected chi connectivity index (χ3v) is 3.84. The highest BCUT2D eigenvalue weighted by molar-refractivity contribution is 6.06. The number of amides is 1. The molecular weight excluding hydrogens is 424 g/mol. The van der Waals surface area contributed by atoms with Crippen molar-refractivity contribution < 1.29 is 41.3 Å². The standard InChI is InChI=1S/C20H14F4N2O5/c1-29-15-10-16(21)18(19(27)25-12-6-8-26(28)9-7-12)17(11-15)30-13-2-4-14(5-3-13)31-20(22,23)24/h2-11H,1H3,(H,25,27). The minimum absolute atomic E-state index is 0.0170. The van der Waals surface area contributed by atoms with Gasteiger partial charge >= 0.3 is 6.36 Å². The number of nitrogens with zero attached hydrogens (tertiary/aromatic N) is 1. The second-order valence-electron chi connectivity index (χ2n) is 6.00. The number of rotatable bonds is 6. The quantitative estimate of drug-likeness (QED) is 0.350. The Hall–Kier alpha value is -4.02. The molecule has 2 aromatic carbocycles. The van der Waals surface area contributed by atoms with Crippen LogP contribution in [0, 0.1) is 11.0 Å². The third kappa shape index (κ3) is 5.75. The number of alkyl halides is 3. The molecule has 0 saturated carbocycles. The van der Waals surface area contributed by atoms with Crippen LogP contribution in [-0.4, -0.2) is 19.4 Å². The first kappa shape index (κ1) is 21.7. The highest BCUT2D eigenvalue weighted by Gasteiger charge is 2.31. The molecule has 3 rings (SSSR count). The highest BCUT2D eigenvalue weighted by Crippen LogP contribution is 2.33. The molecule has 0 bridgehead atoms. The Kier molecular flexibility index (Phi) is 6.14. The van der Waals surface area contributed by atoms with Crippen molar-refractivity contribution in [3.8, 4) is 23.0 Å². The van der Waals surface area contributed by atoms with E-state index in [9.17, 15) is 27.6 Å². The average molecular weight is 438 g/mol. The normalized spacial score (nSPS) is 11.0. The number of carbonyl (C=O) groups is 1. The number of methoxy groups -OCH3 is 1. The molecule has 0 unspecified atom stereocenters. The predicted octanol–water partition coefficient (Wildman–Crippen LogP) is 4.41. The summed E-state index contributed by atoms with van der Waals surface area (Å²) in [6.45, 7) is 0. The van der Waals surface area contributed by atoms with Crippen LogP contribution >= 0.6 is 0 Å². The Balaban J connectivity index is 1.89. The number of hydrogen-bond donors (Lipinski definition) is 1. The lowest BCUT2D eigenvalue weighted by Crippen LogP contribution is -2.24. The number of halogens is 4. The van der Waals surface area contributed by atoms with Crippen molar-refractivity contribution in [2.75, 3.05) is 12.4 Å². The van der Waals surface area contributed by atoms with E-state index < -0.39 is 29.4 Å². The molecular formula is C20H14F4N2O5. The lowest BCUT2D eigenvalue weighted by molar-refractivity contribution is -0.605.